The van der Waals surface area contributed by atoms with Gasteiger partial charge in [0.05, 0.1) is 0 Å². The number of benzene rings is 1. The smallest absolute Gasteiger partial charge is 0.399 e. The van der Waals surface area contributed by atoms with Crippen LogP contribution in [0.25, 0.3) is 0 Å². The van der Waals surface area contributed by atoms with Gasteiger partial charge in [-0.3, -0.25) is 4.79 Å². The molecule has 0 saturated carbocycles. The van der Waals surface area contributed by atoms with Crippen LogP contribution in [0.4, 0.5) is 18.9 Å². The predicted octanol–water partition coefficient (Wildman–Crippen LogP) is 2.32. The fourth-order valence-electron chi connectivity index (χ4n) is 0.566. The topological polar surface area (TPSA) is 43.1 Å². The summed E-state index contributed by atoms with van der Waals surface area (Å²) in [4.78, 5) is 8.70. The van der Waals surface area contributed by atoms with Crippen molar-refractivity contribution in [2.45, 2.75) is 13.1 Å². The van der Waals surface area contributed by atoms with Crippen molar-refractivity contribution in [3.8, 4) is 0 Å². The summed E-state index contributed by atoms with van der Waals surface area (Å²) >= 11 is 0. The number of nitrogens with two attached hydrogens (primary N) is 1. The van der Waals surface area contributed by atoms with Crippen LogP contribution in [0.3, 0.4) is 0 Å². The Morgan fingerprint density at radius 1 is 1.21 bits per heavy atom. The largest absolute Gasteiger partial charge is 0.446 e. The van der Waals surface area contributed by atoms with E-state index in [1.165, 1.54) is 5.56 Å². The second-order valence-electron chi connectivity index (χ2n) is 2.57. The first-order chi connectivity index (χ1) is 6.35. The second kappa shape index (κ2) is 5.26. The maximum atomic E-state index is 10.4. The van der Waals surface area contributed by atoms with Gasteiger partial charge in [-0.2, -0.15) is 13.2 Å². The molecular formula is C9H10F3NO. The molecule has 0 fully saturated rings. The van der Waals surface area contributed by atoms with Gasteiger partial charge in [0.1, 0.15) is 0 Å². The molecule has 0 aliphatic carbocycles. The van der Waals surface area contributed by atoms with Crippen LogP contribution in [0.2, 0.25) is 0 Å². The summed E-state index contributed by atoms with van der Waals surface area (Å²) in [6, 6.07) is 7.79. The van der Waals surface area contributed by atoms with E-state index in [-0.39, 0.29) is 0 Å². The lowest BCUT2D eigenvalue weighted by molar-refractivity contribution is -0.156. The van der Waals surface area contributed by atoms with E-state index in [2.05, 4.69) is 0 Å². The van der Waals surface area contributed by atoms with Crippen molar-refractivity contribution in [3.63, 3.8) is 0 Å². The molecule has 1 rings (SSSR count). The molecule has 1 aromatic carbocycles. The van der Waals surface area contributed by atoms with Crippen molar-refractivity contribution < 1.29 is 18.0 Å². The normalized spacial score (nSPS) is 10.0. The van der Waals surface area contributed by atoms with E-state index in [0.29, 0.717) is 0 Å². The highest BCUT2D eigenvalue weighted by Crippen LogP contribution is 2.08. The minimum atomic E-state index is -4.64. The van der Waals surface area contributed by atoms with Crippen molar-refractivity contribution in [1.82, 2.24) is 0 Å². The van der Waals surface area contributed by atoms with Gasteiger partial charge < -0.3 is 5.73 Å². The molecule has 0 atom stereocenters. The predicted molar refractivity (Wildman–Crippen MR) is 47.7 cm³/mol. The van der Waals surface area contributed by atoms with Gasteiger partial charge in [-0.15, -0.1) is 0 Å². The van der Waals surface area contributed by atoms with Crippen molar-refractivity contribution in [2.24, 2.45) is 0 Å². The molecular weight excluding hydrogens is 195 g/mol. The Bertz CT molecular complexity index is 258. The Balaban J connectivity index is 0.000000255. The first-order valence-corrected chi connectivity index (χ1v) is 3.70. The van der Waals surface area contributed by atoms with Crippen molar-refractivity contribution in [3.05, 3.63) is 29.8 Å². The first kappa shape index (κ1) is 12.5. The zero-order valence-electron chi connectivity index (χ0n) is 7.51. The van der Waals surface area contributed by atoms with Crippen LogP contribution >= 0.6 is 0 Å². The van der Waals surface area contributed by atoms with E-state index in [1.54, 1.807) is 0 Å². The molecule has 0 aliphatic rings. The standard InChI is InChI=1S/C7H9N.C2HF3O/c1-6-2-4-7(8)5-3-6;3-2(4,5)1-6/h2-5H,8H2,1H3;1H. The maximum Gasteiger partial charge on any atom is 0.446 e. The number of carbonyl (C=O) groups excluding carboxylic acids is 1. The Labute approximate surface area is 79.5 Å². The summed E-state index contributed by atoms with van der Waals surface area (Å²) in [6.07, 6.45) is -5.70. The molecule has 0 heterocycles. The van der Waals surface area contributed by atoms with Crippen LogP contribution in [0, 0.1) is 6.92 Å². The number of carbonyl (C=O) groups is 1. The van der Waals surface area contributed by atoms with E-state index in [1.807, 2.05) is 31.2 Å². The number of rotatable bonds is 0. The summed E-state index contributed by atoms with van der Waals surface area (Å²) < 4.78 is 31.2. The van der Waals surface area contributed by atoms with Crippen molar-refractivity contribution >= 4 is 12.0 Å². The molecule has 1 aromatic rings. The van der Waals surface area contributed by atoms with Crippen LogP contribution < -0.4 is 5.73 Å². The number of hydrogen-bond donors (Lipinski definition) is 1. The Hall–Kier alpha value is -1.52. The molecule has 2 N–H and O–H groups in total. The van der Waals surface area contributed by atoms with Crippen LogP contribution in [0.15, 0.2) is 24.3 Å². The van der Waals surface area contributed by atoms with Gasteiger partial charge in [0.15, 0.2) is 0 Å². The third-order valence-electron chi connectivity index (χ3n) is 1.21. The average molecular weight is 205 g/mol. The first-order valence-electron chi connectivity index (χ1n) is 3.70. The van der Waals surface area contributed by atoms with Crippen LogP contribution in [0.1, 0.15) is 5.56 Å². The molecule has 0 bridgehead atoms. The summed E-state index contributed by atoms with van der Waals surface area (Å²) in [5.41, 5.74) is 7.51. The quantitative estimate of drug-likeness (QED) is 0.521. The molecule has 0 spiro atoms. The minimum absolute atomic E-state index is 0.829. The molecule has 0 aromatic heterocycles. The van der Waals surface area contributed by atoms with E-state index in [4.69, 9.17) is 10.5 Å². The molecule has 0 aliphatic heterocycles. The van der Waals surface area contributed by atoms with Gasteiger partial charge in [0.2, 0.25) is 6.29 Å². The molecule has 0 radical (unpaired) electrons. The highest BCUT2D eigenvalue weighted by Gasteiger charge is 2.24. The number of aryl methyl sites for hydroxylation is 1. The molecule has 0 saturated heterocycles. The summed E-state index contributed by atoms with van der Waals surface area (Å²) in [6.45, 7) is 2.04. The SMILES string of the molecule is Cc1ccc(N)cc1.O=CC(F)(F)F. The van der Waals surface area contributed by atoms with Gasteiger partial charge in [-0.25, -0.2) is 0 Å². The number of anilines is 1. The van der Waals surface area contributed by atoms with E-state index in [0.717, 1.165) is 5.69 Å². The number of hydrogen-bond acceptors (Lipinski definition) is 2. The van der Waals surface area contributed by atoms with Crippen molar-refractivity contribution in [2.75, 3.05) is 5.73 Å². The second-order valence-corrected chi connectivity index (χ2v) is 2.57. The fraction of sp³-hybridized carbons (Fsp3) is 0.222. The molecule has 0 unspecified atom stereocenters. The third-order valence-corrected chi connectivity index (χ3v) is 1.21. The number of aldehydes is 1. The van der Waals surface area contributed by atoms with E-state index < -0.39 is 12.5 Å². The fourth-order valence-corrected chi connectivity index (χ4v) is 0.566. The van der Waals surface area contributed by atoms with Crippen LogP contribution in [0.5, 0.6) is 0 Å². The Morgan fingerprint density at radius 3 is 1.79 bits per heavy atom. The monoisotopic (exact) mass is 205 g/mol. The van der Waals surface area contributed by atoms with Gasteiger partial charge in [0, 0.05) is 5.69 Å². The molecule has 5 heteroatoms. The number of halogens is 3. The summed E-state index contributed by atoms with van der Waals surface area (Å²) in [5.74, 6) is 0. The molecule has 0 amide bonds. The van der Waals surface area contributed by atoms with Gasteiger partial charge in [0.25, 0.3) is 0 Å². The van der Waals surface area contributed by atoms with Gasteiger partial charge >= 0.3 is 6.18 Å². The lowest BCUT2D eigenvalue weighted by atomic mass is 10.2. The van der Waals surface area contributed by atoms with Crippen LogP contribution in [-0.2, 0) is 4.79 Å². The third kappa shape index (κ3) is 7.15. The minimum Gasteiger partial charge on any atom is -0.399 e. The molecule has 78 valence electrons. The van der Waals surface area contributed by atoms with E-state index >= 15 is 0 Å². The zero-order valence-corrected chi connectivity index (χ0v) is 7.51. The maximum absolute atomic E-state index is 10.4. The van der Waals surface area contributed by atoms with Gasteiger partial charge in [-0.1, -0.05) is 17.7 Å². The number of nitrogen functional groups attached to an aromatic ring is 1. The van der Waals surface area contributed by atoms with Crippen LogP contribution in [-0.4, -0.2) is 12.5 Å². The molecule has 2 nitrogen and oxygen atoms in total. The Kier molecular flexibility index (Phi) is 4.69. The highest BCUT2D eigenvalue weighted by atomic mass is 19.4. The number of alkyl halides is 3. The van der Waals surface area contributed by atoms with Crippen molar-refractivity contribution in [1.29, 1.82) is 0 Å². The summed E-state index contributed by atoms with van der Waals surface area (Å²) in [7, 11) is 0. The van der Waals surface area contributed by atoms with E-state index in [9.17, 15) is 13.2 Å². The highest BCUT2D eigenvalue weighted by molar-refractivity contribution is 5.56. The Morgan fingerprint density at radius 2 is 1.57 bits per heavy atom. The molecule has 14 heavy (non-hydrogen) atoms. The van der Waals surface area contributed by atoms with Gasteiger partial charge in [-0.05, 0) is 19.1 Å². The lowest BCUT2D eigenvalue weighted by Crippen LogP contribution is -2.07. The summed E-state index contributed by atoms with van der Waals surface area (Å²) in [5, 5.41) is 0. The lowest BCUT2D eigenvalue weighted by Gasteiger charge is -1.90. The average Bonchev–Trinajstić information content (AvgIpc) is 2.10. The zero-order chi connectivity index (χ0) is 11.2.